The Morgan fingerprint density at radius 3 is 2.39 bits per heavy atom. The zero-order valence-corrected chi connectivity index (χ0v) is 19.3. The van der Waals surface area contributed by atoms with Gasteiger partial charge in [0, 0.05) is 6.04 Å². The van der Waals surface area contributed by atoms with Crippen molar-refractivity contribution in [2.45, 2.75) is 90.6 Å². The fraction of sp³-hybridized carbons (Fsp3) is 0.826. The average molecular weight is 436 g/mol. The minimum atomic E-state index is -0.909. The molecule has 0 unspecified atom stereocenters. The molecule has 0 radical (unpaired) electrons. The molecule has 1 saturated heterocycles. The number of esters is 1. The van der Waals surface area contributed by atoms with E-state index in [0.29, 0.717) is 24.7 Å². The second kappa shape index (κ2) is 9.17. The highest BCUT2D eigenvalue weighted by molar-refractivity contribution is 6.08. The largest absolute Gasteiger partial charge is 0.454 e. The van der Waals surface area contributed by atoms with Crippen molar-refractivity contribution >= 4 is 23.8 Å². The van der Waals surface area contributed by atoms with Crippen LogP contribution in [0.4, 0.5) is 4.79 Å². The first-order chi connectivity index (χ1) is 14.5. The van der Waals surface area contributed by atoms with E-state index in [1.807, 2.05) is 0 Å². The molecule has 2 N–H and O–H groups in total. The Balaban J connectivity index is 1.47. The highest BCUT2D eigenvalue weighted by Crippen LogP contribution is 2.43. The van der Waals surface area contributed by atoms with Gasteiger partial charge in [-0.1, -0.05) is 40.5 Å². The van der Waals surface area contributed by atoms with Gasteiger partial charge in [0.05, 0.1) is 0 Å². The van der Waals surface area contributed by atoms with Crippen LogP contribution in [0.5, 0.6) is 0 Å². The van der Waals surface area contributed by atoms with E-state index in [-0.39, 0.29) is 23.3 Å². The third-order valence-corrected chi connectivity index (χ3v) is 7.42. The maximum absolute atomic E-state index is 13.0. The second-order valence-corrected chi connectivity index (χ2v) is 10.6. The maximum atomic E-state index is 13.0. The summed E-state index contributed by atoms with van der Waals surface area (Å²) in [5.74, 6) is -0.560. The fourth-order valence-corrected chi connectivity index (χ4v) is 5.24. The standard InChI is InChI=1S/C23H37N3O5/c1-15-7-5-6-8-17(15)24-18(27)14-31-19(28)13-26-20(29)23(25-21(26)30)11-9-16(10-12-23)22(2,3)4/h15-17H,5-14H2,1-4H3,(H,24,27)(H,25,30)/t15-,16?,17-,23?/m1/s1. The Bertz CT molecular complexity index is 721. The first-order valence-electron chi connectivity index (χ1n) is 11.6. The molecule has 31 heavy (non-hydrogen) atoms. The molecule has 0 aromatic heterocycles. The van der Waals surface area contributed by atoms with E-state index >= 15 is 0 Å². The molecule has 8 heteroatoms. The van der Waals surface area contributed by atoms with Crippen LogP contribution < -0.4 is 10.6 Å². The van der Waals surface area contributed by atoms with Gasteiger partial charge in [0.1, 0.15) is 12.1 Å². The molecule has 2 saturated carbocycles. The molecule has 3 rings (SSSR count). The quantitative estimate of drug-likeness (QED) is 0.510. The molecule has 0 aromatic carbocycles. The lowest BCUT2D eigenvalue weighted by Gasteiger charge is -2.40. The molecule has 174 valence electrons. The highest BCUT2D eigenvalue weighted by Gasteiger charge is 2.53. The highest BCUT2D eigenvalue weighted by atomic mass is 16.5. The van der Waals surface area contributed by atoms with E-state index in [1.54, 1.807) is 0 Å². The molecular weight excluding hydrogens is 398 g/mol. The number of hydrogen-bond donors (Lipinski definition) is 2. The Labute approximate surface area is 184 Å². The Morgan fingerprint density at radius 1 is 1.13 bits per heavy atom. The normalized spacial score (nSPS) is 31.5. The lowest BCUT2D eigenvalue weighted by atomic mass is 9.67. The van der Waals surface area contributed by atoms with Gasteiger partial charge in [0.2, 0.25) is 0 Å². The summed E-state index contributed by atoms with van der Waals surface area (Å²) in [5.41, 5.74) is -0.750. The number of amides is 4. The molecule has 2 atom stereocenters. The topological polar surface area (TPSA) is 105 Å². The monoisotopic (exact) mass is 435 g/mol. The van der Waals surface area contributed by atoms with Crippen molar-refractivity contribution in [3.05, 3.63) is 0 Å². The van der Waals surface area contributed by atoms with E-state index in [1.165, 1.54) is 6.42 Å². The zero-order chi connectivity index (χ0) is 22.8. The van der Waals surface area contributed by atoms with Crippen molar-refractivity contribution in [3.8, 4) is 0 Å². The smallest absolute Gasteiger partial charge is 0.326 e. The van der Waals surface area contributed by atoms with Gasteiger partial charge in [-0.15, -0.1) is 0 Å². The number of nitrogens with zero attached hydrogens (tertiary/aromatic N) is 1. The summed E-state index contributed by atoms with van der Waals surface area (Å²) >= 11 is 0. The van der Waals surface area contributed by atoms with Crippen LogP contribution >= 0.6 is 0 Å². The average Bonchev–Trinajstić information content (AvgIpc) is 2.92. The number of carbonyl (C=O) groups excluding carboxylic acids is 4. The van der Waals surface area contributed by atoms with Crippen LogP contribution in [-0.4, -0.2) is 53.4 Å². The van der Waals surface area contributed by atoms with Gasteiger partial charge in [0.15, 0.2) is 6.61 Å². The predicted octanol–water partition coefficient (Wildman–Crippen LogP) is 2.75. The summed E-state index contributed by atoms with van der Waals surface area (Å²) in [7, 11) is 0. The molecule has 0 aromatic rings. The SMILES string of the molecule is C[C@@H]1CCCC[C@H]1NC(=O)COC(=O)CN1C(=O)NC2(CCC(C(C)(C)C)CC2)C1=O. The summed E-state index contributed by atoms with van der Waals surface area (Å²) in [6, 6.07) is -0.453. The zero-order valence-electron chi connectivity index (χ0n) is 19.3. The maximum Gasteiger partial charge on any atom is 0.326 e. The van der Waals surface area contributed by atoms with Crippen LogP contribution in [0.1, 0.15) is 79.1 Å². The summed E-state index contributed by atoms with van der Waals surface area (Å²) in [6.07, 6.45) is 7.13. The molecule has 2 aliphatic carbocycles. The Hall–Kier alpha value is -2.12. The number of ether oxygens (including phenoxy) is 1. The van der Waals surface area contributed by atoms with Gasteiger partial charge >= 0.3 is 12.0 Å². The van der Waals surface area contributed by atoms with Crippen LogP contribution in [-0.2, 0) is 19.1 Å². The summed E-state index contributed by atoms with van der Waals surface area (Å²) in [6.45, 7) is 7.82. The number of imide groups is 1. The van der Waals surface area contributed by atoms with Crippen molar-refractivity contribution in [3.63, 3.8) is 0 Å². The van der Waals surface area contributed by atoms with Crippen LogP contribution in [0.25, 0.3) is 0 Å². The van der Waals surface area contributed by atoms with Crippen LogP contribution in [0.3, 0.4) is 0 Å². The van der Waals surface area contributed by atoms with Crippen molar-refractivity contribution in [2.75, 3.05) is 13.2 Å². The number of hydrogen-bond acceptors (Lipinski definition) is 5. The van der Waals surface area contributed by atoms with Crippen LogP contribution in [0, 0.1) is 17.3 Å². The lowest BCUT2D eigenvalue weighted by molar-refractivity contribution is -0.151. The van der Waals surface area contributed by atoms with Gasteiger partial charge in [-0.3, -0.25) is 19.3 Å². The molecule has 1 aliphatic heterocycles. The van der Waals surface area contributed by atoms with Crippen molar-refractivity contribution in [2.24, 2.45) is 17.3 Å². The molecule has 4 amide bonds. The third-order valence-electron chi connectivity index (χ3n) is 7.42. The predicted molar refractivity (Wildman–Crippen MR) is 115 cm³/mol. The van der Waals surface area contributed by atoms with Crippen LogP contribution in [0.15, 0.2) is 0 Å². The fourth-order valence-electron chi connectivity index (χ4n) is 5.24. The van der Waals surface area contributed by atoms with Gasteiger partial charge in [0.25, 0.3) is 11.8 Å². The van der Waals surface area contributed by atoms with Crippen molar-refractivity contribution in [1.82, 2.24) is 15.5 Å². The van der Waals surface area contributed by atoms with E-state index in [0.717, 1.165) is 37.0 Å². The van der Waals surface area contributed by atoms with Crippen molar-refractivity contribution in [1.29, 1.82) is 0 Å². The van der Waals surface area contributed by atoms with Gasteiger partial charge in [-0.2, -0.15) is 0 Å². The molecule has 8 nitrogen and oxygen atoms in total. The third kappa shape index (κ3) is 5.39. The Morgan fingerprint density at radius 2 is 1.77 bits per heavy atom. The minimum absolute atomic E-state index is 0.106. The number of urea groups is 1. The molecule has 0 bridgehead atoms. The Kier molecular flexibility index (Phi) is 6.96. The second-order valence-electron chi connectivity index (χ2n) is 10.6. The van der Waals surface area contributed by atoms with E-state index in [9.17, 15) is 19.2 Å². The van der Waals surface area contributed by atoms with Gasteiger partial charge in [-0.25, -0.2) is 4.79 Å². The molecule has 1 spiro atoms. The number of nitrogens with one attached hydrogen (secondary N) is 2. The molecular formula is C23H37N3O5. The number of rotatable bonds is 5. The van der Waals surface area contributed by atoms with E-state index < -0.39 is 30.7 Å². The number of carbonyl (C=O) groups is 4. The molecule has 1 heterocycles. The van der Waals surface area contributed by atoms with E-state index in [2.05, 4.69) is 38.3 Å². The molecule has 3 aliphatic rings. The van der Waals surface area contributed by atoms with Gasteiger partial charge < -0.3 is 15.4 Å². The molecule has 3 fully saturated rings. The first-order valence-corrected chi connectivity index (χ1v) is 11.6. The summed E-state index contributed by atoms with van der Waals surface area (Å²) in [5, 5.41) is 5.74. The minimum Gasteiger partial charge on any atom is -0.454 e. The van der Waals surface area contributed by atoms with Gasteiger partial charge in [-0.05, 0) is 55.8 Å². The lowest BCUT2D eigenvalue weighted by Crippen LogP contribution is -2.50. The summed E-state index contributed by atoms with van der Waals surface area (Å²) in [4.78, 5) is 50.7. The summed E-state index contributed by atoms with van der Waals surface area (Å²) < 4.78 is 5.05. The van der Waals surface area contributed by atoms with E-state index in [4.69, 9.17) is 4.74 Å². The van der Waals surface area contributed by atoms with Crippen LogP contribution in [0.2, 0.25) is 0 Å². The first kappa shape index (κ1) is 23.5. The van der Waals surface area contributed by atoms with Crippen molar-refractivity contribution < 1.29 is 23.9 Å².